The molecule has 16 heavy (non-hydrogen) atoms. The summed E-state index contributed by atoms with van der Waals surface area (Å²) in [6, 6.07) is 4.30. The second-order valence-corrected chi connectivity index (χ2v) is 4.08. The van der Waals surface area contributed by atoms with Gasteiger partial charge < -0.3 is 10.5 Å². The number of primary amides is 1. The van der Waals surface area contributed by atoms with E-state index in [1.165, 1.54) is 12.1 Å². The number of hydrogen-bond acceptors (Lipinski definition) is 2. The minimum atomic E-state index is -0.898. The highest BCUT2D eigenvalue weighted by molar-refractivity contribution is 5.68. The number of amides is 1. The maximum atomic E-state index is 13.1. The largest absolute Gasteiger partial charge is 0.410 e. The van der Waals surface area contributed by atoms with Crippen LogP contribution in [0.15, 0.2) is 18.2 Å². The van der Waals surface area contributed by atoms with Gasteiger partial charge in [0.05, 0.1) is 0 Å². The van der Waals surface area contributed by atoms with Crippen molar-refractivity contribution in [2.75, 3.05) is 0 Å². The van der Waals surface area contributed by atoms with Gasteiger partial charge in [-0.25, -0.2) is 9.18 Å². The van der Waals surface area contributed by atoms with Crippen molar-refractivity contribution in [2.45, 2.75) is 31.6 Å². The Kier molecular flexibility index (Phi) is 3.08. The van der Waals surface area contributed by atoms with Gasteiger partial charge >= 0.3 is 6.09 Å². The number of carbonyl (C=O) groups is 1. The first-order valence-electron chi connectivity index (χ1n) is 5.43. The van der Waals surface area contributed by atoms with E-state index in [9.17, 15) is 9.18 Å². The zero-order chi connectivity index (χ0) is 11.5. The molecule has 1 aromatic carbocycles. The van der Waals surface area contributed by atoms with Crippen molar-refractivity contribution >= 4 is 6.09 Å². The van der Waals surface area contributed by atoms with E-state index in [4.69, 9.17) is 10.5 Å². The summed E-state index contributed by atoms with van der Waals surface area (Å²) in [6.07, 6.45) is 3.54. The van der Waals surface area contributed by atoms with E-state index in [0.29, 0.717) is 5.92 Å². The van der Waals surface area contributed by atoms with Crippen LogP contribution >= 0.6 is 0 Å². The normalized spacial score (nSPS) is 16.3. The van der Waals surface area contributed by atoms with Gasteiger partial charge in [0.25, 0.3) is 0 Å². The van der Waals surface area contributed by atoms with Crippen LogP contribution < -0.4 is 10.5 Å². The molecule has 1 aliphatic carbocycles. The molecule has 4 heteroatoms. The molecule has 1 aliphatic rings. The minimum Gasteiger partial charge on any atom is -0.410 e. The molecule has 1 fully saturated rings. The Hall–Kier alpha value is -1.58. The van der Waals surface area contributed by atoms with Gasteiger partial charge in [-0.1, -0.05) is 18.9 Å². The van der Waals surface area contributed by atoms with Crippen LogP contribution in [0.25, 0.3) is 0 Å². The molecule has 0 aliphatic heterocycles. The van der Waals surface area contributed by atoms with Gasteiger partial charge in [0.2, 0.25) is 0 Å². The summed E-state index contributed by atoms with van der Waals surface area (Å²) < 4.78 is 17.9. The van der Waals surface area contributed by atoms with Gasteiger partial charge in [0.15, 0.2) is 0 Å². The monoisotopic (exact) mass is 223 g/mol. The first kappa shape index (κ1) is 10.9. The van der Waals surface area contributed by atoms with Crippen LogP contribution in [0, 0.1) is 5.82 Å². The van der Waals surface area contributed by atoms with Gasteiger partial charge in [-0.05, 0) is 30.4 Å². The molecule has 1 amide bonds. The zero-order valence-corrected chi connectivity index (χ0v) is 8.91. The maximum absolute atomic E-state index is 13.1. The van der Waals surface area contributed by atoms with E-state index in [-0.39, 0.29) is 5.75 Å². The minimum absolute atomic E-state index is 0.263. The molecule has 0 aromatic heterocycles. The lowest BCUT2D eigenvalue weighted by Gasteiger charge is -2.14. The number of carbonyl (C=O) groups excluding carboxylic acids is 1. The van der Waals surface area contributed by atoms with Crippen molar-refractivity contribution in [3.05, 3.63) is 29.6 Å². The molecule has 0 bridgehead atoms. The summed E-state index contributed by atoms with van der Waals surface area (Å²) in [5, 5.41) is 0. The first-order valence-corrected chi connectivity index (χ1v) is 5.43. The fourth-order valence-electron chi connectivity index (χ4n) is 2.28. The van der Waals surface area contributed by atoms with E-state index in [0.717, 1.165) is 31.2 Å². The molecule has 1 saturated carbocycles. The molecule has 0 radical (unpaired) electrons. The molecule has 0 heterocycles. The number of halogens is 1. The number of rotatable bonds is 2. The topological polar surface area (TPSA) is 52.3 Å². The van der Waals surface area contributed by atoms with E-state index >= 15 is 0 Å². The first-order chi connectivity index (χ1) is 7.66. The fraction of sp³-hybridized carbons (Fsp3) is 0.417. The number of hydrogen-bond donors (Lipinski definition) is 1. The van der Waals surface area contributed by atoms with Gasteiger partial charge in [-0.15, -0.1) is 0 Å². The van der Waals surface area contributed by atoms with Crippen LogP contribution in [0.1, 0.15) is 37.2 Å². The summed E-state index contributed by atoms with van der Waals surface area (Å²) in [6.45, 7) is 0. The smallest absolute Gasteiger partial charge is 0.409 e. The predicted molar refractivity (Wildman–Crippen MR) is 57.8 cm³/mol. The predicted octanol–water partition coefficient (Wildman–Crippen LogP) is 2.94. The van der Waals surface area contributed by atoms with E-state index in [1.54, 1.807) is 6.07 Å². The van der Waals surface area contributed by atoms with Gasteiger partial charge in [0.1, 0.15) is 11.6 Å². The Morgan fingerprint density at radius 1 is 1.38 bits per heavy atom. The molecule has 0 spiro atoms. The molecule has 0 saturated heterocycles. The maximum Gasteiger partial charge on any atom is 0.409 e. The third kappa shape index (κ3) is 2.32. The molecular weight excluding hydrogens is 209 g/mol. The molecule has 0 atom stereocenters. The highest BCUT2D eigenvalue weighted by atomic mass is 19.1. The van der Waals surface area contributed by atoms with Crippen molar-refractivity contribution < 1.29 is 13.9 Å². The van der Waals surface area contributed by atoms with E-state index in [1.807, 2.05) is 0 Å². The molecule has 86 valence electrons. The van der Waals surface area contributed by atoms with Crippen molar-refractivity contribution in [1.82, 2.24) is 0 Å². The SMILES string of the molecule is NC(=O)Oc1cc(F)ccc1C1CCCC1. The average Bonchev–Trinajstić information content (AvgIpc) is 2.69. The van der Waals surface area contributed by atoms with E-state index < -0.39 is 11.9 Å². The van der Waals surface area contributed by atoms with Crippen molar-refractivity contribution in [1.29, 1.82) is 0 Å². The Labute approximate surface area is 93.4 Å². The molecule has 2 N–H and O–H groups in total. The molecule has 0 unspecified atom stereocenters. The van der Waals surface area contributed by atoms with Crippen LogP contribution in [0.3, 0.4) is 0 Å². The molecule has 3 nitrogen and oxygen atoms in total. The Morgan fingerprint density at radius 3 is 2.69 bits per heavy atom. The lowest BCUT2D eigenvalue weighted by Crippen LogP contribution is -2.17. The second-order valence-electron chi connectivity index (χ2n) is 4.08. The number of ether oxygens (including phenoxy) is 1. The van der Waals surface area contributed by atoms with Crippen LogP contribution in [-0.2, 0) is 0 Å². The highest BCUT2D eigenvalue weighted by Gasteiger charge is 2.21. The van der Waals surface area contributed by atoms with Crippen molar-refractivity contribution in [3.63, 3.8) is 0 Å². The van der Waals surface area contributed by atoms with Gasteiger partial charge in [-0.2, -0.15) is 0 Å². The summed E-state index contributed by atoms with van der Waals surface area (Å²) in [7, 11) is 0. The summed E-state index contributed by atoms with van der Waals surface area (Å²) >= 11 is 0. The van der Waals surface area contributed by atoms with Crippen LogP contribution in [0.5, 0.6) is 5.75 Å². The Morgan fingerprint density at radius 2 is 2.06 bits per heavy atom. The second kappa shape index (κ2) is 4.51. The summed E-state index contributed by atoms with van der Waals surface area (Å²) in [5.74, 6) is 0.201. The van der Waals surface area contributed by atoms with Crippen LogP contribution in [0.2, 0.25) is 0 Å². The molecule has 2 rings (SSSR count). The lowest BCUT2D eigenvalue weighted by molar-refractivity contribution is 0.210. The fourth-order valence-corrected chi connectivity index (χ4v) is 2.28. The lowest BCUT2D eigenvalue weighted by atomic mass is 9.97. The van der Waals surface area contributed by atoms with Crippen molar-refractivity contribution in [3.8, 4) is 5.75 Å². The third-order valence-electron chi connectivity index (χ3n) is 2.98. The summed E-state index contributed by atoms with van der Waals surface area (Å²) in [5.41, 5.74) is 5.85. The molecular formula is C12H14FNO2. The van der Waals surface area contributed by atoms with Crippen LogP contribution in [-0.4, -0.2) is 6.09 Å². The highest BCUT2D eigenvalue weighted by Crippen LogP contribution is 2.38. The average molecular weight is 223 g/mol. The molecule has 1 aromatic rings. The Bertz CT molecular complexity index is 400. The zero-order valence-electron chi connectivity index (χ0n) is 8.91. The summed E-state index contributed by atoms with van der Waals surface area (Å²) in [4.78, 5) is 10.7. The number of nitrogens with two attached hydrogens (primary N) is 1. The van der Waals surface area contributed by atoms with Gasteiger partial charge in [-0.3, -0.25) is 0 Å². The van der Waals surface area contributed by atoms with Gasteiger partial charge in [0, 0.05) is 6.07 Å². The Balaban J connectivity index is 2.30. The third-order valence-corrected chi connectivity index (χ3v) is 2.98. The number of benzene rings is 1. The van der Waals surface area contributed by atoms with Crippen LogP contribution in [0.4, 0.5) is 9.18 Å². The standard InChI is InChI=1S/C12H14FNO2/c13-9-5-6-10(8-3-1-2-4-8)11(7-9)16-12(14)15/h5-8H,1-4H2,(H2,14,15). The van der Waals surface area contributed by atoms with Crippen molar-refractivity contribution in [2.24, 2.45) is 5.73 Å². The quantitative estimate of drug-likeness (QED) is 0.838. The van der Waals surface area contributed by atoms with E-state index in [2.05, 4.69) is 0 Å².